The lowest BCUT2D eigenvalue weighted by molar-refractivity contribution is 0.0732. The molecule has 0 bridgehead atoms. The van der Waals surface area contributed by atoms with Gasteiger partial charge in [0, 0.05) is 12.6 Å². The van der Waals surface area contributed by atoms with E-state index in [9.17, 15) is 18.0 Å². The van der Waals surface area contributed by atoms with Crippen molar-refractivity contribution < 1.29 is 22.7 Å². The monoisotopic (exact) mass is 366 g/mol. The van der Waals surface area contributed by atoms with Crippen molar-refractivity contribution in [1.29, 1.82) is 0 Å². The number of piperidine rings is 1. The highest BCUT2D eigenvalue weighted by molar-refractivity contribution is 5.85. The van der Waals surface area contributed by atoms with Crippen LogP contribution >= 0.6 is 12.4 Å². The van der Waals surface area contributed by atoms with Crippen molar-refractivity contribution in [2.75, 3.05) is 19.6 Å². The molecule has 1 aromatic carbocycles. The highest BCUT2D eigenvalue weighted by Gasteiger charge is 2.25. The van der Waals surface area contributed by atoms with E-state index in [1.54, 1.807) is 4.90 Å². The van der Waals surface area contributed by atoms with Crippen LogP contribution in [0, 0.1) is 17.5 Å². The molecule has 1 amide bonds. The minimum absolute atomic E-state index is 0. The Morgan fingerprint density at radius 3 is 2.38 bits per heavy atom. The molecule has 1 aromatic rings. The van der Waals surface area contributed by atoms with Crippen molar-refractivity contribution >= 4 is 18.5 Å². The molecule has 8 heteroatoms. The van der Waals surface area contributed by atoms with Gasteiger partial charge in [0.05, 0.1) is 0 Å². The van der Waals surface area contributed by atoms with Gasteiger partial charge in [-0.3, -0.25) is 0 Å². The predicted molar refractivity (Wildman–Crippen MR) is 86.6 cm³/mol. The van der Waals surface area contributed by atoms with Gasteiger partial charge in [0.25, 0.3) is 0 Å². The van der Waals surface area contributed by atoms with E-state index in [0.717, 1.165) is 44.5 Å². The summed E-state index contributed by atoms with van der Waals surface area (Å²) in [5.74, 6) is -4.11. The lowest BCUT2D eigenvalue weighted by Gasteiger charge is -2.33. The second-order valence-electron chi connectivity index (χ2n) is 5.60. The fourth-order valence-electron chi connectivity index (χ4n) is 2.70. The number of hydrogen-bond acceptors (Lipinski definition) is 3. The van der Waals surface area contributed by atoms with Gasteiger partial charge in [-0.2, -0.15) is 0 Å². The summed E-state index contributed by atoms with van der Waals surface area (Å²) in [4.78, 5) is 13.9. The molecule has 1 aliphatic rings. The summed E-state index contributed by atoms with van der Waals surface area (Å²) in [6.07, 6.45) is 1.96. The van der Waals surface area contributed by atoms with Gasteiger partial charge in [0.1, 0.15) is 6.61 Å². The van der Waals surface area contributed by atoms with Crippen LogP contribution in [0.25, 0.3) is 0 Å². The summed E-state index contributed by atoms with van der Waals surface area (Å²) in [7, 11) is 0. The second-order valence-corrected chi connectivity index (χ2v) is 5.60. The maximum absolute atomic E-state index is 13.2. The van der Waals surface area contributed by atoms with E-state index in [1.807, 2.05) is 6.92 Å². The molecule has 0 unspecified atom stereocenters. The van der Waals surface area contributed by atoms with Crippen molar-refractivity contribution in [2.45, 2.75) is 38.8 Å². The normalized spacial score (nSPS) is 14.8. The zero-order chi connectivity index (χ0) is 16.8. The molecular formula is C16H22ClF3N2O2. The first-order valence-electron chi connectivity index (χ1n) is 7.80. The largest absolute Gasteiger partial charge is 0.445 e. The van der Waals surface area contributed by atoms with Crippen molar-refractivity contribution in [3.8, 4) is 0 Å². The van der Waals surface area contributed by atoms with E-state index in [1.165, 1.54) is 0 Å². The van der Waals surface area contributed by atoms with Crippen LogP contribution in [0.4, 0.5) is 18.0 Å². The number of amides is 1. The molecule has 1 aliphatic heterocycles. The van der Waals surface area contributed by atoms with Crippen molar-refractivity contribution in [3.63, 3.8) is 0 Å². The Balaban J connectivity index is 0.00000288. The Hall–Kier alpha value is -1.47. The molecule has 0 spiro atoms. The van der Waals surface area contributed by atoms with Gasteiger partial charge in [0.2, 0.25) is 0 Å². The van der Waals surface area contributed by atoms with Gasteiger partial charge in [-0.25, -0.2) is 18.0 Å². The van der Waals surface area contributed by atoms with Gasteiger partial charge >= 0.3 is 6.09 Å². The first-order chi connectivity index (χ1) is 11.0. The van der Waals surface area contributed by atoms with E-state index in [-0.39, 0.29) is 30.6 Å². The Morgan fingerprint density at radius 2 is 1.83 bits per heavy atom. The Bertz CT molecular complexity index is 531. The van der Waals surface area contributed by atoms with E-state index in [2.05, 4.69) is 5.32 Å². The third-order valence-electron chi connectivity index (χ3n) is 3.85. The third-order valence-corrected chi connectivity index (χ3v) is 3.85. The number of nitrogens with zero attached hydrogens (tertiary/aromatic N) is 1. The SMILES string of the molecule is CCCN(C(=O)OCc1cc(F)c(F)c(F)c1)C1CCNCC1.Cl. The van der Waals surface area contributed by atoms with Crippen LogP contribution in [0.3, 0.4) is 0 Å². The summed E-state index contributed by atoms with van der Waals surface area (Å²) in [5.41, 5.74) is 0.0801. The summed E-state index contributed by atoms with van der Waals surface area (Å²) in [6.45, 7) is 3.92. The standard InChI is InChI=1S/C16H21F3N2O2.ClH/c1-2-7-21(12-3-5-20-6-4-12)16(22)23-10-11-8-13(17)15(19)14(18)9-11;/h8-9,12,20H,2-7,10H2,1H3;1H. The van der Waals surface area contributed by atoms with Crippen molar-refractivity contribution in [3.05, 3.63) is 35.1 Å². The quantitative estimate of drug-likeness (QED) is 0.809. The smallest absolute Gasteiger partial charge is 0.410 e. The number of carbonyl (C=O) groups excluding carboxylic acids is 1. The van der Waals surface area contributed by atoms with Gasteiger partial charge in [-0.1, -0.05) is 6.92 Å². The molecule has 0 saturated carbocycles. The van der Waals surface area contributed by atoms with E-state index in [4.69, 9.17) is 4.74 Å². The molecule has 1 heterocycles. The lowest BCUT2D eigenvalue weighted by Crippen LogP contribution is -2.46. The Labute approximate surface area is 145 Å². The highest BCUT2D eigenvalue weighted by atomic mass is 35.5. The van der Waals surface area contributed by atoms with Crippen LogP contribution < -0.4 is 5.32 Å². The zero-order valence-corrected chi connectivity index (χ0v) is 14.3. The molecule has 4 nitrogen and oxygen atoms in total. The average molecular weight is 367 g/mol. The fourth-order valence-corrected chi connectivity index (χ4v) is 2.70. The average Bonchev–Trinajstić information content (AvgIpc) is 2.56. The van der Waals surface area contributed by atoms with E-state index < -0.39 is 23.5 Å². The summed E-state index contributed by atoms with van der Waals surface area (Å²) >= 11 is 0. The minimum atomic E-state index is -1.53. The minimum Gasteiger partial charge on any atom is -0.445 e. The fraction of sp³-hybridized carbons (Fsp3) is 0.562. The molecule has 0 atom stereocenters. The number of nitrogens with one attached hydrogen (secondary N) is 1. The number of hydrogen-bond donors (Lipinski definition) is 1. The second kappa shape index (κ2) is 9.74. The first kappa shape index (κ1) is 20.6. The van der Waals surface area contributed by atoms with Crippen LogP contribution in [0.2, 0.25) is 0 Å². The topological polar surface area (TPSA) is 41.6 Å². The molecule has 1 saturated heterocycles. The van der Waals surface area contributed by atoms with Gasteiger partial charge < -0.3 is 15.0 Å². The molecule has 0 radical (unpaired) electrons. The molecule has 0 aliphatic carbocycles. The van der Waals surface area contributed by atoms with Crippen LogP contribution in [0.5, 0.6) is 0 Å². The van der Waals surface area contributed by atoms with Gasteiger partial charge in [-0.15, -0.1) is 12.4 Å². The van der Waals surface area contributed by atoms with Gasteiger partial charge in [0.15, 0.2) is 17.5 Å². The maximum atomic E-state index is 13.2. The molecule has 136 valence electrons. The maximum Gasteiger partial charge on any atom is 0.410 e. The van der Waals surface area contributed by atoms with E-state index >= 15 is 0 Å². The molecular weight excluding hydrogens is 345 g/mol. The van der Waals surface area contributed by atoms with Crippen molar-refractivity contribution in [2.24, 2.45) is 0 Å². The summed E-state index contributed by atoms with van der Waals surface area (Å²) < 4.78 is 44.4. The first-order valence-corrected chi connectivity index (χ1v) is 7.80. The number of rotatable bonds is 5. The molecule has 2 rings (SSSR count). The third kappa shape index (κ3) is 5.27. The molecule has 24 heavy (non-hydrogen) atoms. The zero-order valence-electron chi connectivity index (χ0n) is 13.5. The van der Waals surface area contributed by atoms with Crippen LogP contribution in [-0.2, 0) is 11.3 Å². The highest BCUT2D eigenvalue weighted by Crippen LogP contribution is 2.17. The number of ether oxygens (including phenoxy) is 1. The summed E-state index contributed by atoms with van der Waals surface area (Å²) in [5, 5.41) is 3.23. The number of carbonyl (C=O) groups is 1. The van der Waals surface area contributed by atoms with Crippen LogP contribution in [0.15, 0.2) is 12.1 Å². The molecule has 1 fully saturated rings. The number of benzene rings is 1. The van der Waals surface area contributed by atoms with E-state index in [0.29, 0.717) is 6.54 Å². The van der Waals surface area contributed by atoms with Crippen LogP contribution in [0.1, 0.15) is 31.7 Å². The Morgan fingerprint density at radius 1 is 1.25 bits per heavy atom. The number of halogens is 4. The summed E-state index contributed by atoms with van der Waals surface area (Å²) in [6, 6.07) is 1.77. The molecule has 1 N–H and O–H groups in total. The molecule has 0 aromatic heterocycles. The van der Waals surface area contributed by atoms with Crippen LogP contribution in [-0.4, -0.2) is 36.7 Å². The van der Waals surface area contributed by atoms with Crippen molar-refractivity contribution in [1.82, 2.24) is 10.2 Å². The van der Waals surface area contributed by atoms with Gasteiger partial charge in [-0.05, 0) is 50.0 Å². The Kier molecular flexibility index (Phi) is 8.35. The predicted octanol–water partition coefficient (Wildman–Crippen LogP) is 3.63. The lowest BCUT2D eigenvalue weighted by atomic mass is 10.1.